The normalized spacial score (nSPS) is 14.9. The average Bonchev–Trinajstić information content (AvgIpc) is 3.20. The summed E-state index contributed by atoms with van der Waals surface area (Å²) in [7, 11) is -0.589. The lowest BCUT2D eigenvalue weighted by atomic mass is 9.95. The van der Waals surface area contributed by atoms with Crippen LogP contribution in [0.3, 0.4) is 0 Å². The number of methoxy groups -OCH3 is 1. The molecule has 2 atom stereocenters. The van der Waals surface area contributed by atoms with Crippen LogP contribution in [0.5, 0.6) is 0 Å². The molecule has 0 aromatic carbocycles. The Hall–Kier alpha value is -1.99. The Morgan fingerprint density at radius 2 is 1.90 bits per heavy atom. The average molecular weight is 435 g/mol. The molecule has 0 aliphatic heterocycles. The van der Waals surface area contributed by atoms with E-state index in [1.165, 1.54) is 7.11 Å². The van der Waals surface area contributed by atoms with Gasteiger partial charge in [0, 0.05) is 25.2 Å². The number of hydrogen-bond donors (Lipinski definition) is 0. The number of carbonyl (C=O) groups excluding carboxylic acids is 2. The molecule has 30 heavy (non-hydrogen) atoms. The van der Waals surface area contributed by atoms with Gasteiger partial charge in [0.1, 0.15) is 5.78 Å². The van der Waals surface area contributed by atoms with E-state index in [0.29, 0.717) is 13.0 Å². The van der Waals surface area contributed by atoms with Gasteiger partial charge in [-0.3, -0.25) is 9.59 Å². The van der Waals surface area contributed by atoms with E-state index in [4.69, 9.17) is 9.16 Å². The second kappa shape index (κ2) is 12.0. The quantitative estimate of drug-likeness (QED) is 0.260. The first-order valence-electron chi connectivity index (χ1n) is 10.5. The summed E-state index contributed by atoms with van der Waals surface area (Å²) >= 11 is 0. The Bertz CT molecular complexity index is 718. The van der Waals surface area contributed by atoms with Gasteiger partial charge in [-0.15, -0.1) is 0 Å². The van der Waals surface area contributed by atoms with Crippen LogP contribution in [-0.4, -0.2) is 43.3 Å². The van der Waals surface area contributed by atoms with Crippen LogP contribution in [0.15, 0.2) is 43.0 Å². The lowest BCUT2D eigenvalue weighted by molar-refractivity contribution is -0.147. The predicted molar refractivity (Wildman–Crippen MR) is 123 cm³/mol. The van der Waals surface area contributed by atoms with Gasteiger partial charge in [-0.1, -0.05) is 45.1 Å². The molecule has 0 saturated heterocycles. The molecule has 0 bridgehead atoms. The van der Waals surface area contributed by atoms with Gasteiger partial charge in [0.2, 0.25) is 0 Å². The van der Waals surface area contributed by atoms with Crippen LogP contribution in [-0.2, 0) is 18.8 Å². The summed E-state index contributed by atoms with van der Waals surface area (Å²) in [5.74, 6) is -0.818. The zero-order chi connectivity index (χ0) is 22.8. The number of allylic oxidation sites excluding steroid dienone is 4. The molecule has 0 aliphatic rings. The monoisotopic (exact) mass is 434 g/mol. The summed E-state index contributed by atoms with van der Waals surface area (Å²) in [6.07, 6.45) is 13.7. The van der Waals surface area contributed by atoms with Crippen molar-refractivity contribution in [3.8, 4) is 0 Å². The van der Waals surface area contributed by atoms with E-state index in [1.54, 1.807) is 12.5 Å². The number of rotatable bonds is 12. The van der Waals surface area contributed by atoms with Gasteiger partial charge >= 0.3 is 5.97 Å². The summed E-state index contributed by atoms with van der Waals surface area (Å²) < 4.78 is 13.2. The fourth-order valence-corrected chi connectivity index (χ4v) is 3.78. The van der Waals surface area contributed by atoms with Gasteiger partial charge in [0.05, 0.1) is 32.0 Å². The molecule has 7 heteroatoms. The number of ether oxygens (including phenoxy) is 1. The third-order valence-corrected chi connectivity index (χ3v) is 10.2. The molecular formula is C23H38N2O4Si. The highest BCUT2D eigenvalue weighted by Crippen LogP contribution is 2.37. The van der Waals surface area contributed by atoms with Crippen molar-refractivity contribution in [1.29, 1.82) is 0 Å². The van der Waals surface area contributed by atoms with E-state index >= 15 is 0 Å². The molecular weight excluding hydrogens is 396 g/mol. The van der Waals surface area contributed by atoms with Crippen molar-refractivity contribution in [2.75, 3.05) is 13.7 Å². The predicted octanol–water partition coefficient (Wildman–Crippen LogP) is 5.11. The fraction of sp³-hybridized carbons (Fsp3) is 0.609. The third-order valence-electron chi connectivity index (χ3n) is 5.72. The van der Waals surface area contributed by atoms with E-state index in [9.17, 15) is 9.59 Å². The Morgan fingerprint density at radius 1 is 1.20 bits per heavy atom. The van der Waals surface area contributed by atoms with Crippen LogP contribution >= 0.6 is 0 Å². The fourth-order valence-electron chi connectivity index (χ4n) is 2.74. The molecule has 1 aromatic heterocycles. The lowest BCUT2D eigenvalue weighted by Crippen LogP contribution is -2.42. The summed E-state index contributed by atoms with van der Waals surface area (Å²) in [4.78, 5) is 29.1. The van der Waals surface area contributed by atoms with Crippen LogP contribution in [0.2, 0.25) is 18.1 Å². The molecule has 0 N–H and O–H groups in total. The van der Waals surface area contributed by atoms with Crippen LogP contribution < -0.4 is 0 Å². The van der Waals surface area contributed by atoms with E-state index in [1.807, 2.05) is 42.0 Å². The van der Waals surface area contributed by atoms with Crippen LogP contribution in [0.4, 0.5) is 0 Å². The molecule has 1 aromatic rings. The van der Waals surface area contributed by atoms with Crippen LogP contribution in [0.1, 0.15) is 53.0 Å². The number of ketones is 1. The molecule has 0 amide bonds. The summed E-state index contributed by atoms with van der Waals surface area (Å²) in [6, 6.07) is -0.147. The topological polar surface area (TPSA) is 70.4 Å². The molecule has 0 saturated carbocycles. The Labute approximate surface area is 182 Å². The maximum atomic E-state index is 12.9. The number of imidazole rings is 1. The highest BCUT2D eigenvalue weighted by Gasteiger charge is 2.38. The van der Waals surface area contributed by atoms with Crippen molar-refractivity contribution in [3.05, 3.63) is 43.0 Å². The first-order chi connectivity index (χ1) is 14.0. The zero-order valence-corrected chi connectivity index (χ0v) is 20.6. The molecule has 2 unspecified atom stereocenters. The summed E-state index contributed by atoms with van der Waals surface area (Å²) in [5, 5.41) is 0.0890. The Balaban J connectivity index is 2.84. The molecule has 0 radical (unpaired) electrons. The van der Waals surface area contributed by atoms with Gasteiger partial charge in [-0.2, -0.15) is 0 Å². The largest absolute Gasteiger partial charge is 0.469 e. The minimum absolute atomic E-state index is 0.0161. The molecule has 1 rings (SSSR count). The van der Waals surface area contributed by atoms with Crippen molar-refractivity contribution in [3.63, 3.8) is 0 Å². The van der Waals surface area contributed by atoms with E-state index in [0.717, 1.165) is 0 Å². The number of carbonyl (C=O) groups is 2. The van der Waals surface area contributed by atoms with Gasteiger partial charge in [-0.25, -0.2) is 4.98 Å². The maximum Gasteiger partial charge on any atom is 0.309 e. The van der Waals surface area contributed by atoms with Gasteiger partial charge in [-0.05, 0) is 31.5 Å². The van der Waals surface area contributed by atoms with E-state index < -0.39 is 14.2 Å². The van der Waals surface area contributed by atoms with Crippen molar-refractivity contribution in [1.82, 2.24) is 9.55 Å². The number of hydrogen-bond acceptors (Lipinski definition) is 5. The molecule has 0 aliphatic carbocycles. The SMILES string of the molecule is C/C=C/C=C/CC(CC(=O)CC(CO[Si](C)(C)C(C)(C)C)n1ccnc1)C(=O)OC. The second-order valence-electron chi connectivity index (χ2n) is 9.09. The lowest BCUT2D eigenvalue weighted by Gasteiger charge is -2.37. The Morgan fingerprint density at radius 3 is 2.43 bits per heavy atom. The van der Waals surface area contributed by atoms with Crippen molar-refractivity contribution < 1.29 is 18.8 Å². The van der Waals surface area contributed by atoms with Crippen LogP contribution in [0.25, 0.3) is 0 Å². The molecule has 168 valence electrons. The zero-order valence-electron chi connectivity index (χ0n) is 19.6. The standard InChI is InChI=1S/C23H38N2O4Si/c1-8-9-10-11-12-19(22(27)28-5)15-21(26)16-20(25-14-13-24-18-25)17-29-30(6,7)23(2,3)4/h8-11,13-14,18-20H,12,15-17H2,1-7H3/b9-8+,11-10+. The van der Waals surface area contributed by atoms with E-state index in [2.05, 4.69) is 38.8 Å². The van der Waals surface area contributed by atoms with Gasteiger partial charge < -0.3 is 13.7 Å². The number of esters is 1. The Kier molecular flexibility index (Phi) is 10.4. The van der Waals surface area contributed by atoms with Gasteiger partial charge in [0.15, 0.2) is 8.32 Å². The van der Waals surface area contributed by atoms with Crippen molar-refractivity contribution >= 4 is 20.1 Å². The molecule has 6 nitrogen and oxygen atoms in total. The van der Waals surface area contributed by atoms with E-state index in [-0.39, 0.29) is 35.7 Å². The summed E-state index contributed by atoms with van der Waals surface area (Å²) in [6.45, 7) is 13.3. The minimum Gasteiger partial charge on any atom is -0.469 e. The first-order valence-corrected chi connectivity index (χ1v) is 13.4. The first kappa shape index (κ1) is 26.0. The third kappa shape index (κ3) is 8.40. The maximum absolute atomic E-state index is 12.9. The molecule has 0 fully saturated rings. The van der Waals surface area contributed by atoms with Crippen molar-refractivity contribution in [2.45, 2.75) is 71.1 Å². The highest BCUT2D eigenvalue weighted by atomic mass is 28.4. The molecule has 1 heterocycles. The number of Topliss-reactive ketones (excluding diaryl/α,β-unsaturated/α-hetero) is 1. The smallest absolute Gasteiger partial charge is 0.309 e. The molecule has 0 spiro atoms. The second-order valence-corrected chi connectivity index (χ2v) is 13.9. The van der Waals surface area contributed by atoms with Gasteiger partial charge in [0.25, 0.3) is 0 Å². The number of nitrogens with zero attached hydrogens (tertiary/aromatic N) is 2. The van der Waals surface area contributed by atoms with Crippen LogP contribution in [0, 0.1) is 5.92 Å². The summed E-state index contributed by atoms with van der Waals surface area (Å²) in [5.41, 5.74) is 0. The minimum atomic E-state index is -1.95. The number of aromatic nitrogens is 2. The highest BCUT2D eigenvalue weighted by molar-refractivity contribution is 6.74. The van der Waals surface area contributed by atoms with Crippen molar-refractivity contribution in [2.24, 2.45) is 5.92 Å².